The molecule has 0 spiro atoms. The van der Waals surface area contributed by atoms with Gasteiger partial charge in [-0.25, -0.2) is 8.42 Å². The minimum absolute atomic E-state index is 0.186. The second-order valence-electron chi connectivity index (χ2n) is 3.81. The van der Waals surface area contributed by atoms with Crippen molar-refractivity contribution in [1.29, 1.82) is 0 Å². The van der Waals surface area contributed by atoms with Gasteiger partial charge in [0.2, 0.25) is 15.9 Å². The van der Waals surface area contributed by atoms with Gasteiger partial charge in [0.05, 0.1) is 4.90 Å². The van der Waals surface area contributed by atoms with Crippen LogP contribution in [0.4, 0.5) is 0 Å². The Hall–Kier alpha value is -1.40. The van der Waals surface area contributed by atoms with Gasteiger partial charge in [-0.3, -0.25) is 4.79 Å². The summed E-state index contributed by atoms with van der Waals surface area (Å²) in [5.41, 5.74) is 6.02. The van der Waals surface area contributed by atoms with Crippen LogP contribution in [0, 0.1) is 6.92 Å². The van der Waals surface area contributed by atoms with E-state index in [1.807, 2.05) is 6.92 Å². The van der Waals surface area contributed by atoms with Crippen LogP contribution in [-0.4, -0.2) is 31.2 Å². The number of primary amides is 1. The first-order valence-corrected chi connectivity index (χ1v) is 6.25. The third-order valence-corrected chi connectivity index (χ3v) is 4.41. The number of sulfonamides is 1. The van der Waals surface area contributed by atoms with Gasteiger partial charge in [-0.1, -0.05) is 17.7 Å². The van der Waals surface area contributed by atoms with E-state index in [4.69, 9.17) is 5.73 Å². The number of carbonyl (C=O) groups excluding carboxylic acids is 1. The van der Waals surface area contributed by atoms with E-state index in [9.17, 15) is 13.2 Å². The molecule has 5 nitrogen and oxygen atoms in total. The molecule has 0 bridgehead atoms. The van der Waals surface area contributed by atoms with Crippen molar-refractivity contribution in [3.63, 3.8) is 0 Å². The molecule has 6 heteroatoms. The van der Waals surface area contributed by atoms with Gasteiger partial charge in [-0.2, -0.15) is 4.31 Å². The smallest absolute Gasteiger partial charge is 0.243 e. The normalized spacial score (nSPS) is 24.1. The van der Waals surface area contributed by atoms with Crippen LogP contribution < -0.4 is 5.73 Å². The largest absolute Gasteiger partial charge is 0.368 e. The summed E-state index contributed by atoms with van der Waals surface area (Å²) >= 11 is 0. The molecule has 2 N–H and O–H groups in total. The van der Waals surface area contributed by atoms with Crippen molar-refractivity contribution in [2.45, 2.75) is 17.9 Å². The first-order chi connectivity index (χ1) is 7.43. The quantitative estimate of drug-likeness (QED) is 0.746. The van der Waals surface area contributed by atoms with Crippen molar-refractivity contribution in [2.75, 3.05) is 6.54 Å². The van der Waals surface area contributed by atoms with Crippen LogP contribution in [-0.2, 0) is 14.8 Å². The predicted octanol–water partition coefficient (Wildman–Crippen LogP) is -0.147. The van der Waals surface area contributed by atoms with E-state index in [-0.39, 0.29) is 11.4 Å². The molecule has 0 aromatic heterocycles. The molecule has 2 atom stereocenters. The first kappa shape index (κ1) is 11.1. The molecule has 1 heterocycles. The lowest BCUT2D eigenvalue weighted by molar-refractivity contribution is -0.117. The summed E-state index contributed by atoms with van der Waals surface area (Å²) in [4.78, 5) is 11.0. The van der Waals surface area contributed by atoms with Gasteiger partial charge in [0.25, 0.3) is 0 Å². The van der Waals surface area contributed by atoms with E-state index < -0.39 is 22.0 Å². The fraction of sp³-hybridized carbons (Fsp3) is 0.300. The second-order valence-corrected chi connectivity index (χ2v) is 5.70. The molecule has 1 saturated heterocycles. The van der Waals surface area contributed by atoms with Gasteiger partial charge < -0.3 is 5.73 Å². The van der Waals surface area contributed by atoms with Crippen molar-refractivity contribution in [2.24, 2.45) is 5.73 Å². The fourth-order valence-corrected chi connectivity index (χ4v) is 2.99. The van der Waals surface area contributed by atoms with Crippen molar-refractivity contribution in [3.8, 4) is 0 Å². The summed E-state index contributed by atoms with van der Waals surface area (Å²) in [6.07, 6.45) is 0. The van der Waals surface area contributed by atoms with Gasteiger partial charge in [0.1, 0.15) is 6.04 Å². The maximum atomic E-state index is 11.9. The van der Waals surface area contributed by atoms with Crippen LogP contribution in [0.15, 0.2) is 29.2 Å². The molecule has 1 amide bonds. The summed E-state index contributed by atoms with van der Waals surface area (Å²) in [6, 6.07) is 5.82. The number of hydrogen-bond donors (Lipinski definition) is 1. The van der Waals surface area contributed by atoms with Crippen LogP contribution in [0.3, 0.4) is 0 Å². The minimum atomic E-state index is -3.54. The molecule has 1 fully saturated rings. The summed E-state index contributed by atoms with van der Waals surface area (Å²) in [5, 5.41) is 0. The third kappa shape index (κ3) is 1.81. The highest BCUT2D eigenvalue weighted by molar-refractivity contribution is 7.89. The van der Waals surface area contributed by atoms with Crippen molar-refractivity contribution in [3.05, 3.63) is 29.8 Å². The van der Waals surface area contributed by atoms with Crippen LogP contribution in [0.25, 0.3) is 0 Å². The SMILES string of the molecule is Cc1ccc(S(=O)(=O)N2CC2C(N)=O)cc1. The topological polar surface area (TPSA) is 80.2 Å². The molecule has 1 aromatic rings. The maximum absolute atomic E-state index is 11.9. The number of benzene rings is 1. The third-order valence-electron chi connectivity index (χ3n) is 2.52. The molecule has 2 rings (SSSR count). The van der Waals surface area contributed by atoms with Crippen LogP contribution in [0.1, 0.15) is 5.56 Å². The van der Waals surface area contributed by atoms with E-state index in [2.05, 4.69) is 0 Å². The average Bonchev–Trinajstić information content (AvgIpc) is 2.98. The van der Waals surface area contributed by atoms with E-state index in [1.165, 1.54) is 12.1 Å². The molecule has 0 aliphatic carbocycles. The zero-order valence-electron chi connectivity index (χ0n) is 8.75. The van der Waals surface area contributed by atoms with Crippen molar-refractivity contribution in [1.82, 2.24) is 4.31 Å². The summed E-state index contributed by atoms with van der Waals surface area (Å²) in [7, 11) is -3.54. The molecular formula is C10H12N2O3S. The lowest BCUT2D eigenvalue weighted by atomic mass is 10.2. The lowest BCUT2D eigenvalue weighted by Gasteiger charge is -2.05. The Labute approximate surface area is 93.9 Å². The Kier molecular flexibility index (Phi) is 2.47. The zero-order valence-corrected chi connectivity index (χ0v) is 9.57. The Balaban J connectivity index is 2.28. The zero-order chi connectivity index (χ0) is 11.9. The highest BCUT2D eigenvalue weighted by atomic mass is 32.2. The monoisotopic (exact) mass is 240 g/mol. The molecule has 2 unspecified atom stereocenters. The fourth-order valence-electron chi connectivity index (χ4n) is 1.47. The standard InChI is InChI=1S/C10H12N2O3S/c1-7-2-4-8(5-3-7)16(14,15)12-6-9(12)10(11)13/h2-5,9H,6H2,1H3,(H2,11,13). The minimum Gasteiger partial charge on any atom is -0.368 e. The average molecular weight is 240 g/mol. The highest BCUT2D eigenvalue weighted by Gasteiger charge is 2.48. The molecular weight excluding hydrogens is 228 g/mol. The molecule has 1 aromatic carbocycles. The number of rotatable bonds is 3. The summed E-state index contributed by atoms with van der Waals surface area (Å²) < 4.78 is 25.0. The number of nitrogens with two attached hydrogens (primary N) is 1. The van der Waals surface area contributed by atoms with Crippen LogP contribution >= 0.6 is 0 Å². The molecule has 1 aliphatic rings. The highest BCUT2D eigenvalue weighted by Crippen LogP contribution is 2.27. The Morgan fingerprint density at radius 3 is 2.38 bits per heavy atom. The number of aryl methyl sites for hydroxylation is 1. The van der Waals surface area contributed by atoms with E-state index in [1.54, 1.807) is 12.1 Å². The molecule has 0 radical (unpaired) electrons. The van der Waals surface area contributed by atoms with Gasteiger partial charge in [-0.05, 0) is 19.1 Å². The van der Waals surface area contributed by atoms with E-state index in [0.29, 0.717) is 0 Å². The Bertz CT molecular complexity index is 522. The predicted molar refractivity (Wildman–Crippen MR) is 58.1 cm³/mol. The second kappa shape index (κ2) is 3.57. The Morgan fingerprint density at radius 1 is 1.38 bits per heavy atom. The van der Waals surface area contributed by atoms with Gasteiger partial charge in [-0.15, -0.1) is 0 Å². The van der Waals surface area contributed by atoms with Crippen molar-refractivity contribution < 1.29 is 13.2 Å². The van der Waals surface area contributed by atoms with Gasteiger partial charge >= 0.3 is 0 Å². The van der Waals surface area contributed by atoms with Gasteiger partial charge in [0.15, 0.2) is 0 Å². The number of carbonyl (C=O) groups is 1. The molecule has 0 saturated carbocycles. The van der Waals surface area contributed by atoms with Gasteiger partial charge in [0, 0.05) is 6.54 Å². The van der Waals surface area contributed by atoms with E-state index in [0.717, 1.165) is 9.87 Å². The van der Waals surface area contributed by atoms with E-state index >= 15 is 0 Å². The first-order valence-electron chi connectivity index (χ1n) is 4.81. The molecule has 16 heavy (non-hydrogen) atoms. The summed E-state index contributed by atoms with van der Waals surface area (Å²) in [6.45, 7) is 2.06. The van der Waals surface area contributed by atoms with Crippen molar-refractivity contribution >= 4 is 15.9 Å². The van der Waals surface area contributed by atoms with Crippen LogP contribution in [0.2, 0.25) is 0 Å². The Morgan fingerprint density at radius 2 is 1.94 bits per heavy atom. The van der Waals surface area contributed by atoms with Crippen LogP contribution in [0.5, 0.6) is 0 Å². The molecule has 86 valence electrons. The summed E-state index contributed by atoms with van der Waals surface area (Å²) in [5.74, 6) is -0.601. The number of amides is 1. The number of hydrogen-bond acceptors (Lipinski definition) is 3. The number of nitrogens with zero attached hydrogens (tertiary/aromatic N) is 1. The lowest BCUT2D eigenvalue weighted by Crippen LogP contribution is -2.24. The molecule has 1 aliphatic heterocycles. The maximum Gasteiger partial charge on any atom is 0.243 e.